The zero-order valence-corrected chi connectivity index (χ0v) is 8.19. The summed E-state index contributed by atoms with van der Waals surface area (Å²) in [6.45, 7) is 4.33. The first-order valence-corrected chi connectivity index (χ1v) is 4.65. The molecule has 0 unspecified atom stereocenters. The van der Waals surface area contributed by atoms with Crippen LogP contribution in [0.15, 0.2) is 24.4 Å². The van der Waals surface area contributed by atoms with Crippen LogP contribution in [0.2, 0.25) is 0 Å². The van der Waals surface area contributed by atoms with E-state index in [0.29, 0.717) is 6.61 Å². The summed E-state index contributed by atoms with van der Waals surface area (Å²) in [5.41, 5.74) is 2.97. The van der Waals surface area contributed by atoms with E-state index >= 15 is 0 Å². The minimum Gasteiger partial charge on any atom is -0.380 e. The molecule has 1 N–H and O–H groups in total. The molecule has 1 fully saturated rings. The highest BCUT2D eigenvalue weighted by molar-refractivity contribution is 5.29. The third kappa shape index (κ3) is 2.21. The molecule has 76 valence electrons. The lowest BCUT2D eigenvalue weighted by Gasteiger charge is -2.37. The smallest absolute Gasteiger partial charge is 0.149 e. The van der Waals surface area contributed by atoms with Crippen LogP contribution in [-0.4, -0.2) is 24.8 Å². The van der Waals surface area contributed by atoms with Gasteiger partial charge in [-0.25, -0.2) is 10.5 Å². The average molecular weight is 194 g/mol. The van der Waals surface area contributed by atoms with Crippen molar-refractivity contribution < 1.29 is 9.57 Å². The minimum absolute atomic E-state index is 0.168. The summed E-state index contributed by atoms with van der Waals surface area (Å²) in [6.07, 6.45) is 1.72. The van der Waals surface area contributed by atoms with Gasteiger partial charge in [-0.3, -0.25) is 4.84 Å². The molecule has 14 heavy (non-hydrogen) atoms. The number of anilines is 1. The van der Waals surface area contributed by atoms with E-state index < -0.39 is 0 Å². The molecule has 1 aliphatic heterocycles. The Bertz CT molecular complexity index is 285. The molecule has 0 aromatic carbocycles. The van der Waals surface area contributed by atoms with Gasteiger partial charge in [0.2, 0.25) is 0 Å². The van der Waals surface area contributed by atoms with Crippen molar-refractivity contribution in [1.82, 2.24) is 4.98 Å². The zero-order chi connectivity index (χ0) is 9.86. The van der Waals surface area contributed by atoms with Crippen LogP contribution in [0.5, 0.6) is 0 Å². The average Bonchev–Trinajstić information content (AvgIpc) is 2.17. The molecule has 0 atom stereocenters. The second-order valence-corrected chi connectivity index (χ2v) is 3.91. The second-order valence-electron chi connectivity index (χ2n) is 3.91. The number of ether oxygens (including phenoxy) is 1. The summed E-state index contributed by atoms with van der Waals surface area (Å²) in [7, 11) is 0. The highest BCUT2D eigenvalue weighted by Gasteiger charge is 2.33. The van der Waals surface area contributed by atoms with Crippen molar-refractivity contribution in [1.29, 1.82) is 0 Å². The van der Waals surface area contributed by atoms with Gasteiger partial charge in [0.25, 0.3) is 0 Å². The van der Waals surface area contributed by atoms with E-state index in [-0.39, 0.29) is 5.41 Å². The van der Waals surface area contributed by atoms with E-state index in [0.717, 1.165) is 19.0 Å². The van der Waals surface area contributed by atoms with Gasteiger partial charge in [0.05, 0.1) is 19.8 Å². The van der Waals surface area contributed by atoms with Gasteiger partial charge in [-0.15, -0.1) is 0 Å². The normalized spacial score (nSPS) is 18.6. The molecular formula is C10H14N2O2. The first-order chi connectivity index (χ1) is 6.79. The standard InChI is InChI=1S/C10H14N2O2/c1-10(6-13-7-10)8-14-12-9-4-2-3-5-11-9/h2-5H,6-8H2,1H3,(H,11,12). The number of rotatable bonds is 4. The molecule has 2 heterocycles. The number of hydrogen-bond acceptors (Lipinski definition) is 4. The molecule has 2 rings (SSSR count). The predicted molar refractivity (Wildman–Crippen MR) is 52.7 cm³/mol. The van der Waals surface area contributed by atoms with Crippen LogP contribution in [0, 0.1) is 5.41 Å². The molecule has 1 aromatic heterocycles. The lowest BCUT2D eigenvalue weighted by molar-refractivity contribution is -0.131. The van der Waals surface area contributed by atoms with E-state index in [1.165, 1.54) is 0 Å². The van der Waals surface area contributed by atoms with Gasteiger partial charge in [0.1, 0.15) is 5.82 Å². The molecule has 1 aliphatic rings. The summed E-state index contributed by atoms with van der Waals surface area (Å²) in [4.78, 5) is 9.41. The molecule has 1 saturated heterocycles. The summed E-state index contributed by atoms with van der Waals surface area (Å²) in [5, 5.41) is 0. The monoisotopic (exact) mass is 194 g/mol. The van der Waals surface area contributed by atoms with Crippen LogP contribution >= 0.6 is 0 Å². The van der Waals surface area contributed by atoms with Gasteiger partial charge in [-0.05, 0) is 12.1 Å². The van der Waals surface area contributed by atoms with Crippen LogP contribution in [0.3, 0.4) is 0 Å². The van der Waals surface area contributed by atoms with Crippen molar-refractivity contribution in [2.75, 3.05) is 25.3 Å². The Hall–Kier alpha value is -1.13. The number of nitrogens with zero attached hydrogens (tertiary/aromatic N) is 1. The summed E-state index contributed by atoms with van der Waals surface area (Å²) < 4.78 is 5.12. The Morgan fingerprint density at radius 3 is 3.00 bits per heavy atom. The quantitative estimate of drug-likeness (QED) is 0.737. The third-order valence-corrected chi connectivity index (χ3v) is 2.16. The first kappa shape index (κ1) is 9.43. The van der Waals surface area contributed by atoms with Gasteiger partial charge < -0.3 is 4.74 Å². The van der Waals surface area contributed by atoms with Gasteiger partial charge in [-0.2, -0.15) is 0 Å². The molecule has 0 aliphatic carbocycles. The molecule has 4 heteroatoms. The van der Waals surface area contributed by atoms with Gasteiger partial charge in [0.15, 0.2) is 0 Å². The lowest BCUT2D eigenvalue weighted by atomic mass is 9.90. The van der Waals surface area contributed by atoms with E-state index in [1.54, 1.807) is 6.20 Å². The van der Waals surface area contributed by atoms with Crippen LogP contribution < -0.4 is 5.48 Å². The molecule has 0 spiro atoms. The Labute approximate surface area is 83.2 Å². The Morgan fingerprint density at radius 2 is 2.43 bits per heavy atom. The van der Waals surface area contributed by atoms with Crippen LogP contribution in [-0.2, 0) is 9.57 Å². The molecule has 4 nitrogen and oxygen atoms in total. The van der Waals surface area contributed by atoms with Crippen molar-refractivity contribution in [3.05, 3.63) is 24.4 Å². The lowest BCUT2D eigenvalue weighted by Crippen LogP contribution is -2.44. The van der Waals surface area contributed by atoms with E-state index in [4.69, 9.17) is 9.57 Å². The topological polar surface area (TPSA) is 43.4 Å². The van der Waals surface area contributed by atoms with Crippen LogP contribution in [0.4, 0.5) is 5.82 Å². The zero-order valence-electron chi connectivity index (χ0n) is 8.19. The van der Waals surface area contributed by atoms with E-state index in [2.05, 4.69) is 17.4 Å². The Morgan fingerprint density at radius 1 is 1.57 bits per heavy atom. The number of aromatic nitrogens is 1. The molecule has 0 amide bonds. The highest BCUT2D eigenvalue weighted by Crippen LogP contribution is 2.26. The van der Waals surface area contributed by atoms with E-state index in [1.807, 2.05) is 18.2 Å². The fraction of sp³-hybridized carbons (Fsp3) is 0.500. The molecular weight excluding hydrogens is 180 g/mol. The van der Waals surface area contributed by atoms with E-state index in [9.17, 15) is 0 Å². The highest BCUT2D eigenvalue weighted by atomic mass is 16.6. The van der Waals surface area contributed by atoms with Crippen molar-refractivity contribution >= 4 is 5.82 Å². The van der Waals surface area contributed by atoms with Crippen molar-refractivity contribution in [3.63, 3.8) is 0 Å². The fourth-order valence-electron chi connectivity index (χ4n) is 1.24. The molecule has 0 saturated carbocycles. The summed E-state index contributed by atoms with van der Waals surface area (Å²) in [6, 6.07) is 5.64. The Kier molecular flexibility index (Phi) is 2.65. The molecule has 1 aromatic rings. The number of hydrogen-bond donors (Lipinski definition) is 1. The Balaban J connectivity index is 1.73. The van der Waals surface area contributed by atoms with Crippen molar-refractivity contribution in [3.8, 4) is 0 Å². The number of pyridine rings is 1. The molecule has 0 bridgehead atoms. The summed E-state index contributed by atoms with van der Waals surface area (Å²) in [5.74, 6) is 0.733. The maximum absolute atomic E-state index is 5.33. The first-order valence-electron chi connectivity index (χ1n) is 4.65. The maximum atomic E-state index is 5.33. The van der Waals surface area contributed by atoms with Crippen LogP contribution in [0.25, 0.3) is 0 Å². The van der Waals surface area contributed by atoms with Crippen molar-refractivity contribution in [2.45, 2.75) is 6.92 Å². The minimum atomic E-state index is 0.168. The van der Waals surface area contributed by atoms with Gasteiger partial charge >= 0.3 is 0 Å². The van der Waals surface area contributed by atoms with Crippen molar-refractivity contribution in [2.24, 2.45) is 5.41 Å². The van der Waals surface area contributed by atoms with Crippen LogP contribution in [0.1, 0.15) is 6.92 Å². The van der Waals surface area contributed by atoms with Gasteiger partial charge in [-0.1, -0.05) is 13.0 Å². The SMILES string of the molecule is CC1(CONc2ccccn2)COC1. The summed E-state index contributed by atoms with van der Waals surface area (Å²) >= 11 is 0. The maximum Gasteiger partial charge on any atom is 0.149 e. The fourth-order valence-corrected chi connectivity index (χ4v) is 1.24. The predicted octanol–water partition coefficient (Wildman–Crippen LogP) is 1.46. The second kappa shape index (κ2) is 3.94. The van der Waals surface area contributed by atoms with Gasteiger partial charge in [0, 0.05) is 11.6 Å². The third-order valence-electron chi connectivity index (χ3n) is 2.16. The molecule has 0 radical (unpaired) electrons. The number of nitrogens with one attached hydrogen (secondary N) is 1. The largest absolute Gasteiger partial charge is 0.380 e.